The van der Waals surface area contributed by atoms with Crippen LogP contribution in [0.1, 0.15) is 25.0 Å². The minimum atomic E-state index is -4.22. The Morgan fingerprint density at radius 3 is 2.15 bits per heavy atom. The van der Waals surface area contributed by atoms with E-state index in [1.165, 1.54) is 28.8 Å². The lowest BCUT2D eigenvalue weighted by atomic mass is 10.0. The smallest absolute Gasteiger partial charge is 0.264 e. The number of methoxy groups -OCH3 is 1. The third-order valence-electron chi connectivity index (χ3n) is 7.47. The summed E-state index contributed by atoms with van der Waals surface area (Å²) in [5, 5.41) is 2.87. The maximum absolute atomic E-state index is 14.6. The van der Waals surface area contributed by atoms with Crippen LogP contribution in [0.15, 0.2) is 113 Å². The molecule has 1 atom stereocenters. The van der Waals surface area contributed by atoms with Crippen molar-refractivity contribution >= 4 is 39.3 Å². The topological polar surface area (TPSA) is 105 Å². The summed E-state index contributed by atoms with van der Waals surface area (Å²) in [6.45, 7) is 3.99. The Hall–Kier alpha value is -4.48. The fraction of sp³-hybridized carbons (Fsp3) is 0.278. The molecule has 0 unspecified atom stereocenters. The first-order valence-electron chi connectivity index (χ1n) is 15.3. The van der Waals surface area contributed by atoms with Gasteiger partial charge in [-0.1, -0.05) is 42.5 Å². The molecule has 47 heavy (non-hydrogen) atoms. The monoisotopic (exact) mass is 675 g/mol. The summed E-state index contributed by atoms with van der Waals surface area (Å²) in [6.07, 6.45) is 2.14. The van der Waals surface area contributed by atoms with E-state index in [4.69, 9.17) is 9.47 Å². The first-order valence-corrected chi connectivity index (χ1v) is 18.0. The molecule has 9 nitrogen and oxygen atoms in total. The van der Waals surface area contributed by atoms with Crippen molar-refractivity contribution in [2.75, 3.05) is 37.4 Å². The van der Waals surface area contributed by atoms with E-state index in [2.05, 4.69) is 5.32 Å². The Bertz CT molecular complexity index is 1720. The molecule has 0 saturated carbocycles. The maximum Gasteiger partial charge on any atom is 0.264 e. The van der Waals surface area contributed by atoms with Gasteiger partial charge in [0.05, 0.1) is 24.3 Å². The molecule has 0 aliphatic heterocycles. The lowest BCUT2D eigenvalue weighted by Gasteiger charge is -2.34. The number of amides is 2. The summed E-state index contributed by atoms with van der Waals surface area (Å²) in [7, 11) is -2.66. The number of carbonyl (C=O) groups excluding carboxylic acids is 2. The predicted octanol–water partition coefficient (Wildman–Crippen LogP) is 5.79. The van der Waals surface area contributed by atoms with Crippen LogP contribution >= 0.6 is 11.8 Å². The number of anilines is 1. The van der Waals surface area contributed by atoms with Gasteiger partial charge in [0, 0.05) is 24.4 Å². The van der Waals surface area contributed by atoms with Crippen LogP contribution < -0.4 is 19.1 Å². The second kappa shape index (κ2) is 16.9. The van der Waals surface area contributed by atoms with E-state index in [0.717, 1.165) is 20.3 Å². The van der Waals surface area contributed by atoms with Gasteiger partial charge < -0.3 is 19.7 Å². The van der Waals surface area contributed by atoms with Crippen LogP contribution in [0.25, 0.3) is 0 Å². The van der Waals surface area contributed by atoms with E-state index in [9.17, 15) is 18.0 Å². The van der Waals surface area contributed by atoms with Crippen molar-refractivity contribution in [2.24, 2.45) is 0 Å². The molecule has 4 aromatic rings. The fourth-order valence-electron chi connectivity index (χ4n) is 5.09. The molecule has 0 fully saturated rings. The summed E-state index contributed by atoms with van der Waals surface area (Å²) < 4.78 is 40.6. The highest BCUT2D eigenvalue weighted by molar-refractivity contribution is 7.98. The van der Waals surface area contributed by atoms with E-state index in [1.54, 1.807) is 55.6 Å². The molecule has 0 heterocycles. The van der Waals surface area contributed by atoms with Crippen molar-refractivity contribution in [1.82, 2.24) is 10.2 Å². The zero-order chi connectivity index (χ0) is 33.8. The fourth-order valence-corrected chi connectivity index (χ4v) is 6.91. The Labute approximate surface area is 281 Å². The molecule has 2 amide bonds. The van der Waals surface area contributed by atoms with Crippen LogP contribution in [0.2, 0.25) is 0 Å². The number of nitrogens with zero attached hydrogens (tertiary/aromatic N) is 2. The molecule has 0 aliphatic rings. The number of carbonyl (C=O) groups is 2. The Kier molecular flexibility index (Phi) is 12.7. The average Bonchev–Trinajstić information content (AvgIpc) is 3.09. The Morgan fingerprint density at radius 2 is 1.53 bits per heavy atom. The van der Waals surface area contributed by atoms with Gasteiger partial charge in [-0.25, -0.2) is 8.42 Å². The van der Waals surface area contributed by atoms with Gasteiger partial charge in [-0.05, 0) is 91.9 Å². The SMILES string of the molecule is CCNC(=O)[C@H](Cc1ccccc1)N(Cc1cccc(OC)c1)C(=O)CN(c1ccc(OCC)cc1)S(=O)(=O)c1ccc(SC)cc1. The van der Waals surface area contributed by atoms with Gasteiger partial charge in [-0.3, -0.25) is 13.9 Å². The summed E-state index contributed by atoms with van der Waals surface area (Å²) in [6, 6.07) is 28.9. The zero-order valence-corrected chi connectivity index (χ0v) is 28.7. The molecule has 4 rings (SSSR count). The van der Waals surface area contributed by atoms with Crippen molar-refractivity contribution in [1.29, 1.82) is 0 Å². The molecule has 0 bridgehead atoms. The summed E-state index contributed by atoms with van der Waals surface area (Å²) in [5.74, 6) is 0.289. The molecule has 0 aromatic heterocycles. The second-order valence-electron chi connectivity index (χ2n) is 10.6. The van der Waals surface area contributed by atoms with Crippen LogP contribution in [-0.4, -0.2) is 64.2 Å². The minimum Gasteiger partial charge on any atom is -0.497 e. The van der Waals surface area contributed by atoms with Crippen molar-refractivity contribution in [3.8, 4) is 11.5 Å². The van der Waals surface area contributed by atoms with Crippen LogP contribution in [0.3, 0.4) is 0 Å². The number of sulfonamides is 1. The highest BCUT2D eigenvalue weighted by Gasteiger charge is 2.34. The first kappa shape index (κ1) is 35.4. The number of rotatable bonds is 16. The number of benzene rings is 4. The van der Waals surface area contributed by atoms with E-state index in [1.807, 2.05) is 62.6 Å². The van der Waals surface area contributed by atoms with Crippen molar-refractivity contribution in [2.45, 2.75) is 42.6 Å². The summed E-state index contributed by atoms with van der Waals surface area (Å²) in [4.78, 5) is 30.6. The van der Waals surface area contributed by atoms with Gasteiger partial charge in [-0.2, -0.15) is 0 Å². The molecule has 1 N–H and O–H groups in total. The highest BCUT2D eigenvalue weighted by Crippen LogP contribution is 2.28. The molecular weight excluding hydrogens is 635 g/mol. The van der Waals surface area contributed by atoms with Crippen LogP contribution in [-0.2, 0) is 32.6 Å². The van der Waals surface area contributed by atoms with Gasteiger partial charge in [0.1, 0.15) is 24.1 Å². The molecular formula is C36H41N3O6S2. The van der Waals surface area contributed by atoms with Gasteiger partial charge in [0.15, 0.2) is 0 Å². The highest BCUT2D eigenvalue weighted by atomic mass is 32.2. The third-order valence-corrected chi connectivity index (χ3v) is 10.0. The molecule has 0 aliphatic carbocycles. The summed E-state index contributed by atoms with van der Waals surface area (Å²) >= 11 is 1.50. The Morgan fingerprint density at radius 1 is 0.851 bits per heavy atom. The molecule has 0 spiro atoms. The molecule has 0 radical (unpaired) electrons. The van der Waals surface area contributed by atoms with E-state index in [-0.39, 0.29) is 29.5 Å². The zero-order valence-electron chi connectivity index (χ0n) is 27.1. The van der Waals surface area contributed by atoms with Crippen LogP contribution in [0, 0.1) is 0 Å². The van der Waals surface area contributed by atoms with Crippen LogP contribution in [0.5, 0.6) is 11.5 Å². The summed E-state index contributed by atoms with van der Waals surface area (Å²) in [5.41, 5.74) is 1.87. The van der Waals surface area contributed by atoms with Crippen molar-refractivity contribution < 1.29 is 27.5 Å². The van der Waals surface area contributed by atoms with Gasteiger partial charge in [-0.15, -0.1) is 11.8 Å². The second-order valence-corrected chi connectivity index (χ2v) is 13.3. The van der Waals surface area contributed by atoms with Gasteiger partial charge >= 0.3 is 0 Å². The van der Waals surface area contributed by atoms with Gasteiger partial charge in [0.25, 0.3) is 10.0 Å². The first-order chi connectivity index (χ1) is 22.7. The van der Waals surface area contributed by atoms with Crippen molar-refractivity contribution in [3.63, 3.8) is 0 Å². The third kappa shape index (κ3) is 9.30. The lowest BCUT2D eigenvalue weighted by Crippen LogP contribution is -2.53. The number of thioether (sulfide) groups is 1. The molecule has 4 aromatic carbocycles. The van der Waals surface area contributed by atoms with Crippen molar-refractivity contribution in [3.05, 3.63) is 114 Å². The number of nitrogens with one attached hydrogen (secondary N) is 1. The standard InChI is InChI=1S/C36H41N3O6S2/c1-5-37-36(41)34(24-27-11-8-7-9-12-27)38(25-28-13-10-14-31(23-28)44-3)35(40)26-39(29-15-17-30(18-16-29)45-6-2)47(42,43)33-21-19-32(46-4)20-22-33/h7-23,34H,5-6,24-26H2,1-4H3,(H,37,41)/t34-/m0/s1. The van der Waals surface area contributed by atoms with E-state index in [0.29, 0.717) is 24.7 Å². The quantitative estimate of drug-likeness (QED) is 0.150. The minimum absolute atomic E-state index is 0.0425. The lowest BCUT2D eigenvalue weighted by molar-refractivity contribution is -0.140. The largest absolute Gasteiger partial charge is 0.497 e. The molecule has 11 heteroatoms. The van der Waals surface area contributed by atoms with Gasteiger partial charge in [0.2, 0.25) is 11.8 Å². The normalized spacial score (nSPS) is 11.7. The van der Waals surface area contributed by atoms with E-state index < -0.39 is 28.5 Å². The molecule has 248 valence electrons. The predicted molar refractivity (Wildman–Crippen MR) is 187 cm³/mol. The van der Waals surface area contributed by atoms with E-state index >= 15 is 0 Å². The average molecular weight is 676 g/mol. The number of likely N-dealkylation sites (N-methyl/N-ethyl adjacent to an activating group) is 1. The van der Waals surface area contributed by atoms with Crippen LogP contribution in [0.4, 0.5) is 5.69 Å². The number of hydrogen-bond acceptors (Lipinski definition) is 7. The number of hydrogen-bond donors (Lipinski definition) is 1. The maximum atomic E-state index is 14.6. The number of ether oxygens (including phenoxy) is 2. The Balaban J connectivity index is 1.80. The molecule has 0 saturated heterocycles.